The Morgan fingerprint density at radius 2 is 1.87 bits per heavy atom. The van der Waals surface area contributed by atoms with E-state index in [-0.39, 0.29) is 17.0 Å². The number of fused-ring (bicyclic) bond motifs is 2. The van der Waals surface area contributed by atoms with Gasteiger partial charge in [0.25, 0.3) is 5.56 Å². The molecule has 6 nitrogen and oxygen atoms in total. The van der Waals surface area contributed by atoms with Crippen LogP contribution >= 0.6 is 0 Å². The summed E-state index contributed by atoms with van der Waals surface area (Å²) in [6, 6.07) is 5.91. The van der Waals surface area contributed by atoms with Gasteiger partial charge in [0.15, 0.2) is 0 Å². The Morgan fingerprint density at radius 3 is 2.65 bits per heavy atom. The van der Waals surface area contributed by atoms with Crippen molar-refractivity contribution >= 4 is 16.4 Å². The second-order valence-electron chi connectivity index (χ2n) is 8.94. The number of piperidine rings is 1. The van der Waals surface area contributed by atoms with Gasteiger partial charge >= 0.3 is 0 Å². The van der Waals surface area contributed by atoms with Crippen LogP contribution in [-0.4, -0.2) is 43.4 Å². The van der Waals surface area contributed by atoms with Crippen LogP contribution in [0.4, 0.5) is 4.39 Å². The van der Waals surface area contributed by atoms with E-state index in [9.17, 15) is 4.79 Å². The van der Waals surface area contributed by atoms with Gasteiger partial charge in [0.05, 0.1) is 22.8 Å². The lowest BCUT2D eigenvalue weighted by Gasteiger charge is -2.31. The highest BCUT2D eigenvalue weighted by Crippen LogP contribution is 2.34. The summed E-state index contributed by atoms with van der Waals surface area (Å²) in [7, 11) is 0. The number of hydrogen-bond acceptors (Lipinski definition) is 4. The Kier molecular flexibility index (Phi) is 4.21. The molecule has 1 aliphatic heterocycles. The standard InChI is InChI=1S/C24H24FN5O/c1-14-12-30-13-17(8-19(30)11-26-14)16-9-20-22(21(25)10-16)27-23(28-24(20)31)15-4-6-29(7-5-15)18-2-3-18/h8-13,15,18H,2-7H2,1H3,(H,27,28,31). The SMILES string of the molecule is Cc1cn2cc(-c3cc(F)c4nc(C5CCN(C6CC6)CC5)[nH]c(=O)c4c3)cc2cn1. The maximum absolute atomic E-state index is 15.1. The van der Waals surface area contributed by atoms with Crippen molar-refractivity contribution in [1.82, 2.24) is 24.3 Å². The minimum absolute atomic E-state index is 0.161. The van der Waals surface area contributed by atoms with E-state index in [1.807, 2.05) is 29.8 Å². The van der Waals surface area contributed by atoms with E-state index in [2.05, 4.69) is 19.9 Å². The molecular weight excluding hydrogens is 393 g/mol. The van der Waals surface area contributed by atoms with Gasteiger partial charge in [-0.25, -0.2) is 9.37 Å². The zero-order valence-corrected chi connectivity index (χ0v) is 17.4. The summed E-state index contributed by atoms with van der Waals surface area (Å²) in [6.45, 7) is 3.97. The third-order valence-corrected chi connectivity index (χ3v) is 6.70. The van der Waals surface area contributed by atoms with Crippen molar-refractivity contribution in [2.75, 3.05) is 13.1 Å². The maximum Gasteiger partial charge on any atom is 0.258 e. The summed E-state index contributed by atoms with van der Waals surface area (Å²) in [5, 5.41) is 0.290. The monoisotopic (exact) mass is 417 g/mol. The first kappa shape index (κ1) is 18.7. The van der Waals surface area contributed by atoms with Gasteiger partial charge < -0.3 is 14.3 Å². The van der Waals surface area contributed by atoms with Gasteiger partial charge in [0.1, 0.15) is 17.2 Å². The zero-order valence-electron chi connectivity index (χ0n) is 17.4. The summed E-state index contributed by atoms with van der Waals surface area (Å²) >= 11 is 0. The molecule has 1 N–H and O–H groups in total. The molecule has 6 rings (SSSR count). The molecule has 0 bridgehead atoms. The molecule has 0 atom stereocenters. The summed E-state index contributed by atoms with van der Waals surface area (Å²) in [5.74, 6) is 0.342. The predicted octanol–water partition coefficient (Wildman–Crippen LogP) is 4.03. The fourth-order valence-electron chi connectivity index (χ4n) is 4.83. The highest BCUT2D eigenvalue weighted by Gasteiger charge is 2.33. The lowest BCUT2D eigenvalue weighted by molar-refractivity contribution is 0.200. The van der Waals surface area contributed by atoms with Crippen molar-refractivity contribution in [2.45, 2.75) is 44.6 Å². The number of rotatable bonds is 3. The van der Waals surface area contributed by atoms with Crippen molar-refractivity contribution in [1.29, 1.82) is 0 Å². The first-order chi connectivity index (χ1) is 15.0. The molecule has 3 aromatic heterocycles. The fourth-order valence-corrected chi connectivity index (χ4v) is 4.83. The quantitative estimate of drug-likeness (QED) is 0.547. The largest absolute Gasteiger partial charge is 0.320 e. The average Bonchev–Trinajstić information content (AvgIpc) is 3.53. The van der Waals surface area contributed by atoms with Gasteiger partial charge in [-0.05, 0) is 69.5 Å². The number of aromatic amines is 1. The number of aromatic nitrogens is 4. The van der Waals surface area contributed by atoms with Gasteiger partial charge in [-0.15, -0.1) is 0 Å². The highest BCUT2D eigenvalue weighted by atomic mass is 19.1. The average molecular weight is 417 g/mol. The van der Waals surface area contributed by atoms with Crippen LogP contribution in [0, 0.1) is 12.7 Å². The van der Waals surface area contributed by atoms with E-state index in [4.69, 9.17) is 0 Å². The normalized spacial score (nSPS) is 18.3. The van der Waals surface area contributed by atoms with E-state index in [0.29, 0.717) is 16.8 Å². The summed E-state index contributed by atoms with van der Waals surface area (Å²) < 4.78 is 17.1. The van der Waals surface area contributed by atoms with Crippen LogP contribution in [0.15, 0.2) is 41.6 Å². The third-order valence-electron chi connectivity index (χ3n) is 6.70. The van der Waals surface area contributed by atoms with E-state index in [1.165, 1.54) is 18.9 Å². The molecule has 0 unspecified atom stereocenters. The number of nitrogens with zero attached hydrogens (tertiary/aromatic N) is 4. The van der Waals surface area contributed by atoms with Crippen LogP contribution in [0.3, 0.4) is 0 Å². The number of H-pyrrole nitrogens is 1. The molecule has 0 spiro atoms. The lowest BCUT2D eigenvalue weighted by atomic mass is 9.95. The van der Waals surface area contributed by atoms with Crippen LogP contribution in [-0.2, 0) is 0 Å². The second-order valence-corrected chi connectivity index (χ2v) is 8.94. The van der Waals surface area contributed by atoms with Gasteiger partial charge in [-0.3, -0.25) is 9.78 Å². The summed E-state index contributed by atoms with van der Waals surface area (Å²) in [4.78, 5) is 27.2. The molecule has 4 aromatic rings. The molecule has 31 heavy (non-hydrogen) atoms. The highest BCUT2D eigenvalue weighted by molar-refractivity contribution is 5.85. The molecule has 1 aliphatic carbocycles. The Labute approximate surface area is 178 Å². The Bertz CT molecular complexity index is 1360. The van der Waals surface area contributed by atoms with Crippen LogP contribution < -0.4 is 5.56 Å². The predicted molar refractivity (Wildman–Crippen MR) is 118 cm³/mol. The minimum Gasteiger partial charge on any atom is -0.320 e. The summed E-state index contributed by atoms with van der Waals surface area (Å²) in [6.07, 6.45) is 10.1. The second kappa shape index (κ2) is 6.99. The van der Waals surface area contributed by atoms with Crippen molar-refractivity contribution in [3.63, 3.8) is 0 Å². The minimum atomic E-state index is -0.458. The molecule has 2 aliphatic rings. The van der Waals surface area contributed by atoms with Crippen molar-refractivity contribution in [2.24, 2.45) is 0 Å². The topological polar surface area (TPSA) is 66.3 Å². The van der Waals surface area contributed by atoms with Crippen LogP contribution in [0.5, 0.6) is 0 Å². The molecule has 1 aromatic carbocycles. The fraction of sp³-hybridized carbons (Fsp3) is 0.375. The van der Waals surface area contributed by atoms with Crippen LogP contribution in [0.2, 0.25) is 0 Å². The van der Waals surface area contributed by atoms with Crippen molar-refractivity contribution < 1.29 is 4.39 Å². The molecular formula is C24H24FN5O. The maximum atomic E-state index is 15.1. The van der Waals surface area contributed by atoms with Crippen molar-refractivity contribution in [3.8, 4) is 11.1 Å². The third kappa shape index (κ3) is 3.33. The lowest BCUT2D eigenvalue weighted by Crippen LogP contribution is -2.35. The molecule has 0 amide bonds. The first-order valence-corrected chi connectivity index (χ1v) is 11.0. The summed E-state index contributed by atoms with van der Waals surface area (Å²) in [5.41, 5.74) is 3.20. The number of nitrogens with one attached hydrogen (secondary N) is 1. The zero-order chi connectivity index (χ0) is 21.1. The van der Waals surface area contributed by atoms with E-state index in [1.54, 1.807) is 12.3 Å². The number of halogens is 1. The molecule has 2 fully saturated rings. The van der Waals surface area contributed by atoms with Crippen molar-refractivity contribution in [3.05, 3.63) is 64.5 Å². The Balaban J connectivity index is 1.36. The molecule has 7 heteroatoms. The number of benzene rings is 1. The Morgan fingerprint density at radius 1 is 1.06 bits per heavy atom. The van der Waals surface area contributed by atoms with E-state index < -0.39 is 5.82 Å². The van der Waals surface area contributed by atoms with Crippen LogP contribution in [0.25, 0.3) is 27.5 Å². The number of aryl methyl sites for hydroxylation is 1. The molecule has 1 saturated carbocycles. The molecule has 0 radical (unpaired) electrons. The van der Waals surface area contributed by atoms with Gasteiger partial charge in [0.2, 0.25) is 0 Å². The van der Waals surface area contributed by atoms with Gasteiger partial charge in [-0.2, -0.15) is 0 Å². The molecule has 4 heterocycles. The first-order valence-electron chi connectivity index (χ1n) is 11.0. The number of likely N-dealkylation sites (tertiary alicyclic amines) is 1. The molecule has 158 valence electrons. The molecule has 1 saturated heterocycles. The number of hydrogen-bond donors (Lipinski definition) is 1. The van der Waals surface area contributed by atoms with E-state index in [0.717, 1.165) is 48.7 Å². The smallest absolute Gasteiger partial charge is 0.258 e. The van der Waals surface area contributed by atoms with Crippen LogP contribution in [0.1, 0.15) is 43.1 Å². The Hall–Kier alpha value is -3.06. The van der Waals surface area contributed by atoms with Gasteiger partial charge in [-0.1, -0.05) is 0 Å². The van der Waals surface area contributed by atoms with Gasteiger partial charge in [0, 0.05) is 29.9 Å². The van der Waals surface area contributed by atoms with E-state index >= 15 is 4.39 Å².